The fourth-order valence-corrected chi connectivity index (χ4v) is 4.51. The van der Waals surface area contributed by atoms with Crippen LogP contribution in [-0.4, -0.2) is 33.4 Å². The van der Waals surface area contributed by atoms with Crippen LogP contribution in [0, 0.1) is 5.92 Å². The summed E-state index contributed by atoms with van der Waals surface area (Å²) in [5, 5.41) is 10.9. The van der Waals surface area contributed by atoms with Crippen LogP contribution in [0.25, 0.3) is 11.4 Å². The first kappa shape index (κ1) is 21.6. The molecule has 1 saturated carbocycles. The molecule has 1 amide bonds. The van der Waals surface area contributed by atoms with Gasteiger partial charge in [-0.15, -0.1) is 10.2 Å². The molecule has 5 nitrogen and oxygen atoms in total. The summed E-state index contributed by atoms with van der Waals surface area (Å²) in [5.41, 5.74) is 1.86. The van der Waals surface area contributed by atoms with Gasteiger partial charge in [0, 0.05) is 18.2 Å². The molecule has 2 aliphatic rings. The molecule has 1 fully saturated rings. The molecule has 1 aromatic heterocycles. The molecule has 1 atom stereocenters. The summed E-state index contributed by atoms with van der Waals surface area (Å²) in [6.45, 7) is 0.815. The highest BCUT2D eigenvalue weighted by molar-refractivity contribution is 6.33. The summed E-state index contributed by atoms with van der Waals surface area (Å²) in [7, 11) is 1.88. The Morgan fingerprint density at radius 2 is 2.06 bits per heavy atom. The Hall–Kier alpha value is -2.61. The Kier molecular flexibility index (Phi) is 5.45. The standard InChI is InChI=1S/C22H22ClF3N4O/c1-13-5-3-4-6-16(13)21(9-10-21)20-29-28-18(30(20)2)15-8-7-14(11-17(15)23)19(31)27-12-22(24,25)26/h3-4,6-8,11,13H,5,9-10,12H2,1-2H3,(H,27,31). The number of hydrogen-bond acceptors (Lipinski definition) is 3. The van der Waals surface area contributed by atoms with Crippen LogP contribution in [0.3, 0.4) is 0 Å². The van der Waals surface area contributed by atoms with Gasteiger partial charge in [-0.25, -0.2) is 0 Å². The summed E-state index contributed by atoms with van der Waals surface area (Å²) < 4.78 is 38.9. The molecule has 9 heteroatoms. The molecule has 0 aliphatic heterocycles. The molecule has 1 aromatic carbocycles. The zero-order valence-electron chi connectivity index (χ0n) is 17.1. The van der Waals surface area contributed by atoms with Gasteiger partial charge >= 0.3 is 6.18 Å². The molecule has 0 bridgehead atoms. The molecule has 164 valence electrons. The van der Waals surface area contributed by atoms with Crippen molar-refractivity contribution in [3.05, 3.63) is 58.4 Å². The molecule has 31 heavy (non-hydrogen) atoms. The second kappa shape index (κ2) is 7.82. The second-order valence-corrected chi connectivity index (χ2v) is 8.57. The minimum atomic E-state index is -4.48. The van der Waals surface area contributed by atoms with Crippen molar-refractivity contribution in [3.8, 4) is 11.4 Å². The van der Waals surface area contributed by atoms with Crippen molar-refractivity contribution in [3.63, 3.8) is 0 Å². The quantitative estimate of drug-likeness (QED) is 0.698. The van der Waals surface area contributed by atoms with E-state index < -0.39 is 18.6 Å². The van der Waals surface area contributed by atoms with E-state index in [4.69, 9.17) is 11.6 Å². The third kappa shape index (κ3) is 4.13. The highest BCUT2D eigenvalue weighted by Crippen LogP contribution is 2.56. The predicted molar refractivity (Wildman–Crippen MR) is 112 cm³/mol. The first-order valence-electron chi connectivity index (χ1n) is 10.0. The summed E-state index contributed by atoms with van der Waals surface area (Å²) in [5.74, 6) is 1.02. The number of alkyl halides is 3. The zero-order chi connectivity index (χ0) is 22.4. The number of carbonyl (C=O) groups excluding carboxylic acids is 1. The summed E-state index contributed by atoms with van der Waals surface area (Å²) in [4.78, 5) is 12.0. The van der Waals surface area contributed by atoms with Crippen LogP contribution in [0.5, 0.6) is 0 Å². The first-order valence-corrected chi connectivity index (χ1v) is 10.4. The van der Waals surface area contributed by atoms with Crippen molar-refractivity contribution in [2.75, 3.05) is 6.54 Å². The fraction of sp³-hybridized carbons (Fsp3) is 0.409. The number of carbonyl (C=O) groups is 1. The number of hydrogen-bond donors (Lipinski definition) is 1. The molecule has 1 heterocycles. The van der Waals surface area contributed by atoms with Gasteiger partial charge in [-0.2, -0.15) is 13.2 Å². The Morgan fingerprint density at radius 3 is 2.68 bits per heavy atom. The molecule has 0 spiro atoms. The summed E-state index contributed by atoms with van der Waals surface area (Å²) >= 11 is 6.38. The monoisotopic (exact) mass is 450 g/mol. The van der Waals surface area contributed by atoms with E-state index >= 15 is 0 Å². The lowest BCUT2D eigenvalue weighted by molar-refractivity contribution is -0.123. The Balaban J connectivity index is 1.61. The molecule has 0 radical (unpaired) electrons. The Bertz CT molecular complexity index is 1080. The normalized spacial score (nSPS) is 19.8. The number of nitrogens with one attached hydrogen (secondary N) is 1. The molecule has 0 saturated heterocycles. The Morgan fingerprint density at radius 1 is 1.32 bits per heavy atom. The van der Waals surface area contributed by atoms with Crippen LogP contribution in [0.2, 0.25) is 5.02 Å². The lowest BCUT2D eigenvalue weighted by Crippen LogP contribution is -2.33. The number of rotatable bonds is 5. The van der Waals surface area contributed by atoms with Gasteiger partial charge < -0.3 is 9.88 Å². The van der Waals surface area contributed by atoms with Crippen LogP contribution < -0.4 is 5.32 Å². The zero-order valence-corrected chi connectivity index (χ0v) is 17.9. The summed E-state index contributed by atoms with van der Waals surface area (Å²) in [6, 6.07) is 4.37. The van der Waals surface area contributed by atoms with Crippen LogP contribution in [-0.2, 0) is 12.5 Å². The van der Waals surface area contributed by atoms with Gasteiger partial charge in [0.05, 0.1) is 10.4 Å². The van der Waals surface area contributed by atoms with Crippen molar-refractivity contribution < 1.29 is 18.0 Å². The minimum Gasteiger partial charge on any atom is -0.343 e. The maximum Gasteiger partial charge on any atom is 0.405 e. The van der Waals surface area contributed by atoms with E-state index in [1.807, 2.05) is 16.9 Å². The van der Waals surface area contributed by atoms with Crippen LogP contribution in [0.1, 0.15) is 42.4 Å². The summed E-state index contributed by atoms with van der Waals surface area (Å²) in [6.07, 6.45) is 4.97. The highest BCUT2D eigenvalue weighted by Gasteiger charge is 2.52. The average Bonchev–Trinajstić information content (AvgIpc) is 3.42. The van der Waals surface area contributed by atoms with Gasteiger partial charge in [-0.3, -0.25) is 4.79 Å². The largest absolute Gasteiger partial charge is 0.405 e. The Labute approximate surface area is 183 Å². The molecule has 1 N–H and O–H groups in total. The third-order valence-electron chi connectivity index (χ3n) is 5.96. The van der Waals surface area contributed by atoms with Crippen LogP contribution in [0.4, 0.5) is 13.2 Å². The lowest BCUT2D eigenvalue weighted by Gasteiger charge is -2.25. The van der Waals surface area contributed by atoms with E-state index in [9.17, 15) is 18.0 Å². The van der Waals surface area contributed by atoms with Crippen LogP contribution in [0.15, 0.2) is 42.0 Å². The molecule has 1 unspecified atom stereocenters. The maximum atomic E-state index is 12.3. The lowest BCUT2D eigenvalue weighted by atomic mass is 9.81. The van der Waals surface area contributed by atoms with Gasteiger partial charge in [-0.1, -0.05) is 42.3 Å². The van der Waals surface area contributed by atoms with Gasteiger partial charge in [0.1, 0.15) is 12.4 Å². The van der Waals surface area contributed by atoms with Crippen molar-refractivity contribution in [1.82, 2.24) is 20.1 Å². The van der Waals surface area contributed by atoms with Crippen molar-refractivity contribution in [1.29, 1.82) is 0 Å². The van der Waals surface area contributed by atoms with E-state index in [-0.39, 0.29) is 16.0 Å². The maximum absolute atomic E-state index is 12.3. The highest BCUT2D eigenvalue weighted by atomic mass is 35.5. The predicted octanol–water partition coefficient (Wildman–Crippen LogP) is 4.98. The number of halogens is 4. The van der Waals surface area contributed by atoms with Crippen molar-refractivity contribution >= 4 is 17.5 Å². The van der Waals surface area contributed by atoms with E-state index in [2.05, 4.69) is 35.3 Å². The topological polar surface area (TPSA) is 59.8 Å². The molecular formula is C22H22ClF3N4O. The van der Waals surface area contributed by atoms with Gasteiger partial charge in [0.15, 0.2) is 5.82 Å². The molecule has 4 rings (SSSR count). The van der Waals surface area contributed by atoms with E-state index in [1.165, 1.54) is 17.7 Å². The number of allylic oxidation sites excluding steroid dienone is 4. The molecular weight excluding hydrogens is 429 g/mol. The van der Waals surface area contributed by atoms with E-state index in [0.29, 0.717) is 17.3 Å². The second-order valence-electron chi connectivity index (χ2n) is 8.17. The molecule has 2 aliphatic carbocycles. The van der Waals surface area contributed by atoms with Crippen molar-refractivity contribution in [2.45, 2.75) is 37.8 Å². The smallest absolute Gasteiger partial charge is 0.343 e. The van der Waals surface area contributed by atoms with E-state index in [1.54, 1.807) is 6.07 Å². The van der Waals surface area contributed by atoms with Gasteiger partial charge in [0.25, 0.3) is 5.91 Å². The number of amides is 1. The minimum absolute atomic E-state index is 0.0482. The molecule has 2 aromatic rings. The van der Waals surface area contributed by atoms with Crippen molar-refractivity contribution in [2.24, 2.45) is 13.0 Å². The van der Waals surface area contributed by atoms with E-state index in [0.717, 1.165) is 25.1 Å². The number of aromatic nitrogens is 3. The fourth-order valence-electron chi connectivity index (χ4n) is 4.24. The third-order valence-corrected chi connectivity index (χ3v) is 6.27. The van der Waals surface area contributed by atoms with Crippen LogP contribution >= 0.6 is 11.6 Å². The van der Waals surface area contributed by atoms with Gasteiger partial charge in [0.2, 0.25) is 0 Å². The van der Waals surface area contributed by atoms with Gasteiger partial charge in [-0.05, 0) is 43.4 Å². The number of nitrogens with zero attached hydrogens (tertiary/aromatic N) is 3. The SMILES string of the molecule is CC1CC=CC=C1C1(c2nnc(-c3ccc(C(=O)NCC(F)(F)F)cc3Cl)n2C)CC1. The number of benzene rings is 1. The first-order chi connectivity index (χ1) is 14.6. The average molecular weight is 451 g/mol.